The number of likely N-dealkylation sites (tertiary alicyclic amines) is 1. The molecule has 2 heterocycles. The minimum absolute atomic E-state index is 0.0324. The number of halogens is 2. The molecule has 0 aromatic heterocycles. The number of carbonyl (C=O) groups excluding carboxylic acids is 2. The molecule has 0 radical (unpaired) electrons. The minimum Gasteiger partial charge on any atom is -0.447 e. The first kappa shape index (κ1) is 61.5. The first-order valence-electron chi connectivity index (χ1n) is 23.2. The second-order valence-corrected chi connectivity index (χ2v) is 17.9. The van der Waals surface area contributed by atoms with Gasteiger partial charge in [0.15, 0.2) is 9.03 Å². The Morgan fingerprint density at radius 2 is 1.59 bits per heavy atom. The van der Waals surface area contributed by atoms with Crippen molar-refractivity contribution in [2.75, 3.05) is 46.6 Å². The minimum atomic E-state index is -0.563. The molecule has 2 aromatic rings. The molecule has 5 rings (SSSR count). The monoisotopic (exact) mass is 985 g/mol. The summed E-state index contributed by atoms with van der Waals surface area (Å²) in [5.41, 5.74) is 6.05. The van der Waals surface area contributed by atoms with E-state index >= 15 is 0 Å². The number of hydrogen-bond acceptors (Lipinski definition) is 9. The molecule has 0 spiro atoms. The molecule has 2 amide bonds. The number of amides is 2. The summed E-state index contributed by atoms with van der Waals surface area (Å²) in [6, 6.07) is 21.1. The van der Waals surface area contributed by atoms with Gasteiger partial charge in [0, 0.05) is 57.0 Å². The van der Waals surface area contributed by atoms with Gasteiger partial charge >= 0.3 is 6.09 Å². The van der Waals surface area contributed by atoms with E-state index in [1.807, 2.05) is 24.3 Å². The van der Waals surface area contributed by atoms with Crippen LogP contribution in [0.2, 0.25) is 0 Å². The molecule has 2 saturated heterocycles. The maximum Gasteiger partial charge on any atom is 0.414 e. The Kier molecular flexibility index (Phi) is 32.2. The third-order valence-electron chi connectivity index (χ3n) is 10.1. The Balaban J connectivity index is 0.000000686. The van der Waals surface area contributed by atoms with Crippen molar-refractivity contribution in [1.29, 1.82) is 0 Å². The number of nitrogens with zero attached hydrogens (tertiary/aromatic N) is 3. The van der Waals surface area contributed by atoms with Gasteiger partial charge in [0.25, 0.3) is 0 Å². The van der Waals surface area contributed by atoms with Crippen LogP contribution in [0.3, 0.4) is 0 Å². The maximum absolute atomic E-state index is 14.3. The van der Waals surface area contributed by atoms with Crippen molar-refractivity contribution in [2.45, 2.75) is 112 Å². The molecule has 2 atom stereocenters. The van der Waals surface area contributed by atoms with Crippen LogP contribution in [0.5, 0.6) is 0 Å². The molecule has 3 fully saturated rings. The molecule has 2 N–H and O–H groups in total. The molecule has 11 nitrogen and oxygen atoms in total. The van der Waals surface area contributed by atoms with Gasteiger partial charge in [0.2, 0.25) is 5.91 Å². The molecular formula is C53H80F2N4O7P2. The molecule has 378 valence electrons. The van der Waals surface area contributed by atoms with E-state index in [1.54, 1.807) is 19.1 Å². The van der Waals surface area contributed by atoms with Gasteiger partial charge in [0.05, 0.1) is 32.2 Å². The van der Waals surface area contributed by atoms with Crippen molar-refractivity contribution in [3.63, 3.8) is 0 Å². The number of aryl methyl sites for hydroxylation is 1. The second-order valence-electron chi connectivity index (χ2n) is 16.9. The van der Waals surface area contributed by atoms with Gasteiger partial charge in [-0.25, -0.2) is 13.6 Å². The summed E-state index contributed by atoms with van der Waals surface area (Å²) >= 11 is 0. The molecule has 15 heteroatoms. The van der Waals surface area contributed by atoms with Gasteiger partial charge in [-0.15, -0.1) is 6.58 Å². The smallest absolute Gasteiger partial charge is 0.414 e. The van der Waals surface area contributed by atoms with Crippen LogP contribution in [-0.2, 0) is 36.3 Å². The molecule has 0 bridgehead atoms. The van der Waals surface area contributed by atoms with Gasteiger partial charge < -0.3 is 38.5 Å². The highest BCUT2D eigenvalue weighted by molar-refractivity contribution is 7.26. The van der Waals surface area contributed by atoms with Crippen molar-refractivity contribution >= 4 is 30.4 Å². The summed E-state index contributed by atoms with van der Waals surface area (Å²) in [5.74, 6) is -0.332. The lowest BCUT2D eigenvalue weighted by molar-refractivity contribution is -0.117. The lowest BCUT2D eigenvalue weighted by atomic mass is 9.92. The number of allylic oxidation sites excluding steroid dienone is 8. The molecule has 2 unspecified atom stereocenters. The van der Waals surface area contributed by atoms with Crippen LogP contribution in [0.1, 0.15) is 98.6 Å². The van der Waals surface area contributed by atoms with Crippen LogP contribution in [0.25, 0.3) is 0 Å². The first-order valence-corrected chi connectivity index (χ1v) is 24.5. The number of carbonyl (C=O) groups is 2. The van der Waals surface area contributed by atoms with Crippen LogP contribution in [0, 0.1) is 5.92 Å². The second kappa shape index (κ2) is 35.6. The number of nitrogens with one attached hydrogen (secondary N) is 1. The van der Waals surface area contributed by atoms with Crippen LogP contribution in [0.15, 0.2) is 145 Å². The predicted molar refractivity (Wildman–Crippen MR) is 280 cm³/mol. The molecule has 1 aliphatic carbocycles. The van der Waals surface area contributed by atoms with E-state index in [2.05, 4.69) is 132 Å². The highest BCUT2D eigenvalue weighted by Gasteiger charge is 2.36. The zero-order valence-electron chi connectivity index (χ0n) is 42.1. The van der Waals surface area contributed by atoms with Crippen molar-refractivity contribution in [1.82, 2.24) is 19.8 Å². The van der Waals surface area contributed by atoms with E-state index in [4.69, 9.17) is 18.9 Å². The SMILES string of the molecule is C=C(F)/C=C(\C)N1CCOC1=O.C=CCOCC1(OPOCc2ccccc2)CCN(/C=C/C(=C(\C=C(/C)F)CC(C)C)N(C=C(C)C)C2CC2)CC1.CC(=O)NP.CCc1ccccc1.CO. The average Bonchev–Trinajstić information content (AvgIpc) is 4.07. The van der Waals surface area contributed by atoms with E-state index in [9.17, 15) is 18.4 Å². The summed E-state index contributed by atoms with van der Waals surface area (Å²) in [5, 5.41) is 9.31. The van der Waals surface area contributed by atoms with Gasteiger partial charge in [-0.1, -0.05) is 99.7 Å². The number of ether oxygens (including phenoxy) is 2. The largest absolute Gasteiger partial charge is 0.447 e. The third-order valence-corrected chi connectivity index (χ3v) is 11.3. The van der Waals surface area contributed by atoms with Crippen molar-refractivity contribution in [3.05, 3.63) is 156 Å². The third kappa shape index (κ3) is 26.9. The van der Waals surface area contributed by atoms with Crippen LogP contribution < -0.4 is 5.09 Å². The van der Waals surface area contributed by atoms with Crippen molar-refractivity contribution < 1.29 is 42.0 Å². The fourth-order valence-corrected chi connectivity index (χ4v) is 7.40. The average molecular weight is 985 g/mol. The van der Waals surface area contributed by atoms with Gasteiger partial charge in [-0.2, -0.15) is 0 Å². The summed E-state index contributed by atoms with van der Waals surface area (Å²) in [4.78, 5) is 26.7. The molecule has 3 aliphatic rings. The Morgan fingerprint density at radius 1 is 1.00 bits per heavy atom. The Labute approximate surface area is 411 Å². The van der Waals surface area contributed by atoms with E-state index in [0.29, 0.717) is 50.6 Å². The number of aliphatic hydroxyl groups is 1. The summed E-state index contributed by atoms with van der Waals surface area (Å²) in [6.07, 6.45) is 16.8. The maximum atomic E-state index is 14.3. The van der Waals surface area contributed by atoms with Crippen LogP contribution in [-0.4, -0.2) is 90.0 Å². The van der Waals surface area contributed by atoms with Gasteiger partial charge in [-0.05, 0) is 116 Å². The highest BCUT2D eigenvalue weighted by Crippen LogP contribution is 2.37. The van der Waals surface area contributed by atoms with Gasteiger partial charge in [0.1, 0.15) is 18.0 Å². The lowest BCUT2D eigenvalue weighted by Gasteiger charge is -2.40. The zero-order valence-corrected chi connectivity index (χ0v) is 44.2. The van der Waals surface area contributed by atoms with Crippen LogP contribution >= 0.6 is 18.4 Å². The normalized spacial score (nSPS) is 15.9. The number of hydrogen-bond donors (Lipinski definition) is 2. The number of piperidine rings is 1. The number of benzene rings is 2. The quantitative estimate of drug-likeness (QED) is 0.0579. The Hall–Kier alpha value is -4.48. The number of rotatable bonds is 20. The highest BCUT2D eigenvalue weighted by atomic mass is 31.1. The number of aliphatic hydroxyl groups excluding tert-OH is 1. The first-order chi connectivity index (χ1) is 32.5. The van der Waals surface area contributed by atoms with E-state index < -0.39 is 11.9 Å². The summed E-state index contributed by atoms with van der Waals surface area (Å²) < 4.78 is 49.4. The zero-order chi connectivity index (χ0) is 50.9. The topological polar surface area (TPSA) is 113 Å². The van der Waals surface area contributed by atoms with Crippen molar-refractivity contribution in [3.8, 4) is 0 Å². The fourth-order valence-electron chi connectivity index (χ4n) is 6.68. The molecule has 2 aliphatic heterocycles. The van der Waals surface area contributed by atoms with Crippen molar-refractivity contribution in [2.24, 2.45) is 5.92 Å². The standard InChI is InChI=1S/C34H50FN2O3P.C8H10FNO2.C8H10.C2H6NOP.CH4O/c1-7-21-38-26-34(40-41-39-25-30-11-9-8-10-12-30)16-19-36(20-17-34)18-15-33(31(22-27(2)3)23-29(6)35)37(24-28(4)5)32-13-14-32;1-6(9)5-7(2)10-3-4-12-8(10)11;1-2-8-6-4-3-5-7-8;1-2(4)3-5;1-2/h7-12,15,18,23-24,27,32,41H,1,13-14,16-17,19-22,25-26H2,2-6H3;5H,1,3-4H2,2H3;3-7H,2H2,1H3;5H2,1H3,(H,3,4);2H,1H3/b18-15+,29-23+,33-31+;7-5+;;;. The molecule has 1 saturated carbocycles. The summed E-state index contributed by atoms with van der Waals surface area (Å²) in [6.45, 7) is 26.3. The molecular weight excluding hydrogens is 905 g/mol. The van der Waals surface area contributed by atoms with E-state index in [-0.39, 0.29) is 26.4 Å². The number of cyclic esters (lactones) is 1. The summed E-state index contributed by atoms with van der Waals surface area (Å²) in [7, 11) is 3.04. The lowest BCUT2D eigenvalue weighted by Crippen LogP contribution is -2.46. The predicted octanol–water partition coefficient (Wildman–Crippen LogP) is 12.4. The fraction of sp³-hybridized carbons (Fsp3) is 0.472. The Morgan fingerprint density at radius 3 is 2.03 bits per heavy atom. The van der Waals surface area contributed by atoms with Crippen LogP contribution in [0.4, 0.5) is 13.6 Å². The van der Waals surface area contributed by atoms with E-state index in [1.165, 1.54) is 36.0 Å². The van der Waals surface area contributed by atoms with Gasteiger partial charge in [-0.3, -0.25) is 9.69 Å². The molecule has 2 aromatic carbocycles. The van der Waals surface area contributed by atoms with E-state index in [0.717, 1.165) is 75.6 Å². The molecule has 68 heavy (non-hydrogen) atoms. The Bertz CT molecular complexity index is 1920.